The molecule has 0 amide bonds. The molecule has 2 aliphatic rings. The highest BCUT2D eigenvalue weighted by molar-refractivity contribution is 7.90. The molecule has 0 unspecified atom stereocenters. The third kappa shape index (κ3) is 4.72. The van der Waals surface area contributed by atoms with E-state index in [4.69, 9.17) is 14.6 Å². The van der Waals surface area contributed by atoms with Crippen molar-refractivity contribution < 1.29 is 23.1 Å². The number of nitrogens with one attached hydrogen (secondary N) is 1. The fourth-order valence-electron chi connectivity index (χ4n) is 4.46. The molecular weight excluding hydrogens is 458 g/mol. The van der Waals surface area contributed by atoms with E-state index in [1.807, 2.05) is 18.2 Å². The van der Waals surface area contributed by atoms with Crippen molar-refractivity contribution in [2.45, 2.75) is 17.4 Å². The van der Waals surface area contributed by atoms with Gasteiger partial charge in [0.15, 0.2) is 0 Å². The van der Waals surface area contributed by atoms with Crippen LogP contribution in [-0.4, -0.2) is 81.4 Å². The van der Waals surface area contributed by atoms with Gasteiger partial charge < -0.3 is 25.0 Å². The zero-order chi connectivity index (χ0) is 24.1. The maximum absolute atomic E-state index is 13.7. The number of pyridine rings is 1. The van der Waals surface area contributed by atoms with Crippen molar-refractivity contribution in [1.82, 2.24) is 14.3 Å². The van der Waals surface area contributed by atoms with Gasteiger partial charge in [-0.05, 0) is 36.8 Å². The Bertz CT molecular complexity index is 1240. The van der Waals surface area contributed by atoms with Gasteiger partial charge in [-0.3, -0.25) is 9.78 Å². The summed E-state index contributed by atoms with van der Waals surface area (Å²) in [7, 11) is -2.06. The monoisotopic (exact) mass is 487 g/mol. The number of hydrogen-bond donors (Lipinski definition) is 2. The van der Waals surface area contributed by atoms with E-state index in [-0.39, 0.29) is 17.5 Å². The number of piperazine rings is 1. The van der Waals surface area contributed by atoms with Crippen LogP contribution in [0.25, 0.3) is 11.0 Å². The van der Waals surface area contributed by atoms with Gasteiger partial charge in [-0.1, -0.05) is 6.07 Å². The van der Waals surface area contributed by atoms with E-state index < -0.39 is 10.0 Å². The lowest BCUT2D eigenvalue weighted by Gasteiger charge is -2.28. The van der Waals surface area contributed by atoms with E-state index >= 15 is 0 Å². The Hall–Kier alpha value is -3.15. The first kappa shape index (κ1) is 24.0. The molecular formula is C23H29N5O5S. The molecule has 0 saturated carbocycles. The van der Waals surface area contributed by atoms with E-state index in [2.05, 4.69) is 20.1 Å². The van der Waals surface area contributed by atoms with Crippen LogP contribution in [0.5, 0.6) is 0 Å². The molecule has 0 bridgehead atoms. The molecule has 5 rings (SSSR count). The minimum atomic E-state index is -3.78. The zero-order valence-electron chi connectivity index (χ0n) is 19.0. The molecule has 0 aliphatic carbocycles. The number of rotatable bonds is 5. The average molecular weight is 488 g/mol. The third-order valence-electron chi connectivity index (χ3n) is 6.18. The van der Waals surface area contributed by atoms with Gasteiger partial charge >= 0.3 is 0 Å². The summed E-state index contributed by atoms with van der Waals surface area (Å²) in [6.07, 6.45) is 4.56. The number of carboxylic acid groups (broad SMARTS) is 1. The fraction of sp³-hybridized carbons (Fsp3) is 0.391. The maximum atomic E-state index is 13.7. The Morgan fingerprint density at radius 2 is 1.91 bits per heavy atom. The summed E-state index contributed by atoms with van der Waals surface area (Å²) in [6, 6.07) is 10.8. The lowest BCUT2D eigenvalue weighted by molar-refractivity contribution is -0.122. The summed E-state index contributed by atoms with van der Waals surface area (Å²) >= 11 is 0. The van der Waals surface area contributed by atoms with E-state index in [1.165, 1.54) is 3.97 Å². The van der Waals surface area contributed by atoms with Gasteiger partial charge in [0.25, 0.3) is 16.5 Å². The van der Waals surface area contributed by atoms with Crippen LogP contribution >= 0.6 is 0 Å². The SMILES string of the molecule is CO[C@H]1CCN(c2cccc(S(=O)(=O)n3cc(N4CCNCC4)c4ncccc43)c2)C1.O=CO. The summed E-state index contributed by atoms with van der Waals surface area (Å²) in [5, 5.41) is 10.2. The molecule has 34 heavy (non-hydrogen) atoms. The highest BCUT2D eigenvalue weighted by Gasteiger charge is 2.27. The first-order chi connectivity index (χ1) is 16.5. The quantitative estimate of drug-likeness (QED) is 0.518. The average Bonchev–Trinajstić information content (AvgIpc) is 3.51. The summed E-state index contributed by atoms with van der Waals surface area (Å²) in [5.41, 5.74) is 3.07. The predicted molar refractivity (Wildman–Crippen MR) is 130 cm³/mol. The Balaban J connectivity index is 0.000000868. The van der Waals surface area contributed by atoms with Crippen LogP contribution in [-0.2, 0) is 19.6 Å². The highest BCUT2D eigenvalue weighted by atomic mass is 32.2. The van der Waals surface area contributed by atoms with Crippen LogP contribution in [0.4, 0.5) is 11.4 Å². The van der Waals surface area contributed by atoms with Crippen molar-refractivity contribution in [3.63, 3.8) is 0 Å². The summed E-state index contributed by atoms with van der Waals surface area (Å²) in [6.45, 7) is 4.75. The Kier molecular flexibility index (Phi) is 7.35. The van der Waals surface area contributed by atoms with Crippen molar-refractivity contribution in [2.75, 3.05) is 56.2 Å². The van der Waals surface area contributed by atoms with Crippen LogP contribution in [0.1, 0.15) is 6.42 Å². The molecule has 182 valence electrons. The second-order valence-electron chi connectivity index (χ2n) is 8.12. The van der Waals surface area contributed by atoms with Crippen molar-refractivity contribution >= 4 is 38.9 Å². The van der Waals surface area contributed by atoms with Gasteiger partial charge in [-0.25, -0.2) is 12.4 Å². The second-order valence-corrected chi connectivity index (χ2v) is 9.93. The lowest BCUT2D eigenvalue weighted by atomic mass is 10.3. The number of benzene rings is 1. The van der Waals surface area contributed by atoms with E-state index in [0.29, 0.717) is 11.0 Å². The molecule has 11 heteroatoms. The lowest BCUT2D eigenvalue weighted by Crippen LogP contribution is -2.43. The number of carbonyl (C=O) groups is 1. The number of ether oxygens (including phenoxy) is 1. The maximum Gasteiger partial charge on any atom is 0.290 e. The van der Waals surface area contributed by atoms with Crippen LogP contribution in [0.3, 0.4) is 0 Å². The molecule has 4 heterocycles. The fourth-order valence-corrected chi connectivity index (χ4v) is 5.85. The van der Waals surface area contributed by atoms with E-state index in [0.717, 1.165) is 57.1 Å². The summed E-state index contributed by atoms with van der Waals surface area (Å²) in [5.74, 6) is 0. The number of fused-ring (bicyclic) bond motifs is 1. The zero-order valence-corrected chi connectivity index (χ0v) is 19.8. The van der Waals surface area contributed by atoms with Gasteiger partial charge in [0.05, 0.1) is 22.2 Å². The topological polar surface area (TPSA) is 117 Å². The first-order valence-corrected chi connectivity index (χ1v) is 12.6. The summed E-state index contributed by atoms with van der Waals surface area (Å²) < 4.78 is 34.2. The number of methoxy groups -OCH3 is 1. The van der Waals surface area contributed by atoms with Gasteiger partial charge in [-0.2, -0.15) is 0 Å². The molecule has 2 saturated heterocycles. The first-order valence-electron chi connectivity index (χ1n) is 11.1. The number of nitrogens with zero attached hydrogens (tertiary/aromatic N) is 4. The molecule has 0 radical (unpaired) electrons. The summed E-state index contributed by atoms with van der Waals surface area (Å²) in [4.78, 5) is 17.5. The van der Waals surface area contributed by atoms with Crippen LogP contribution in [0.15, 0.2) is 53.7 Å². The van der Waals surface area contributed by atoms with Gasteiger partial charge in [0.1, 0.15) is 5.52 Å². The smallest absolute Gasteiger partial charge is 0.290 e. The second kappa shape index (κ2) is 10.4. The number of anilines is 2. The molecule has 2 aliphatic heterocycles. The molecule has 2 N–H and O–H groups in total. The minimum Gasteiger partial charge on any atom is -0.483 e. The van der Waals surface area contributed by atoms with Crippen molar-refractivity contribution in [2.24, 2.45) is 0 Å². The molecule has 3 aromatic rings. The largest absolute Gasteiger partial charge is 0.483 e. The Labute approximate surface area is 198 Å². The predicted octanol–water partition coefficient (Wildman–Crippen LogP) is 1.61. The minimum absolute atomic E-state index is 0.182. The molecule has 2 fully saturated rings. The van der Waals surface area contributed by atoms with Crippen LogP contribution in [0, 0.1) is 0 Å². The molecule has 0 spiro atoms. The highest BCUT2D eigenvalue weighted by Crippen LogP contribution is 2.32. The van der Waals surface area contributed by atoms with Gasteiger partial charge in [-0.15, -0.1) is 0 Å². The van der Waals surface area contributed by atoms with E-state index in [9.17, 15) is 8.42 Å². The van der Waals surface area contributed by atoms with Crippen molar-refractivity contribution in [3.05, 3.63) is 48.8 Å². The number of aromatic nitrogens is 2. The van der Waals surface area contributed by atoms with Gasteiger partial charge in [0, 0.05) is 64.5 Å². The molecule has 2 aromatic heterocycles. The molecule has 10 nitrogen and oxygen atoms in total. The third-order valence-corrected chi connectivity index (χ3v) is 7.85. The van der Waals surface area contributed by atoms with E-state index in [1.54, 1.807) is 37.7 Å². The van der Waals surface area contributed by atoms with Gasteiger partial charge in [0.2, 0.25) is 0 Å². The molecule has 1 atom stereocenters. The van der Waals surface area contributed by atoms with Crippen LogP contribution < -0.4 is 15.1 Å². The van der Waals surface area contributed by atoms with Crippen molar-refractivity contribution in [1.29, 1.82) is 0 Å². The normalized spacial score (nSPS) is 18.6. The van der Waals surface area contributed by atoms with Crippen LogP contribution in [0.2, 0.25) is 0 Å². The standard InChI is InChI=1S/C22H27N5O3S.CH2O2/c1-30-18-7-11-26(15-18)17-4-2-5-19(14-17)31(28,29)27-16-21(25-12-9-23-10-13-25)22-20(27)6-3-8-24-22;2-1-3/h2-6,8,14,16,18,23H,7,9-13,15H2,1H3;1H,(H,2,3)/t18-;/m0./s1. The Morgan fingerprint density at radius 3 is 2.62 bits per heavy atom. The number of hydrogen-bond acceptors (Lipinski definition) is 8. The van der Waals surface area contributed by atoms with Crippen molar-refractivity contribution in [3.8, 4) is 0 Å². The Morgan fingerprint density at radius 1 is 1.15 bits per heavy atom. The molecule has 1 aromatic carbocycles.